The minimum absolute atomic E-state index is 0.222. The number of methoxy groups -OCH3 is 2. The fourth-order valence-corrected chi connectivity index (χ4v) is 6.86. The van der Waals surface area contributed by atoms with Crippen LogP contribution in [-0.2, 0) is 16.0 Å². The summed E-state index contributed by atoms with van der Waals surface area (Å²) < 4.78 is 76.8. The molecule has 0 N–H and O–H groups in total. The Morgan fingerprint density at radius 3 is 2.35 bits per heavy atom. The summed E-state index contributed by atoms with van der Waals surface area (Å²) in [6, 6.07) is 9.87. The van der Waals surface area contributed by atoms with Crippen LogP contribution >= 0.6 is 11.3 Å². The van der Waals surface area contributed by atoms with Gasteiger partial charge in [0.2, 0.25) is 0 Å². The number of thiazole rings is 1. The van der Waals surface area contributed by atoms with Crippen molar-refractivity contribution in [2.24, 2.45) is 0 Å². The highest BCUT2D eigenvalue weighted by molar-refractivity contribution is 7.92. The van der Waals surface area contributed by atoms with Gasteiger partial charge in [0.1, 0.15) is 0 Å². The third kappa shape index (κ3) is 4.72. The first-order valence-electron chi connectivity index (χ1n) is 10.5. The van der Waals surface area contributed by atoms with Gasteiger partial charge < -0.3 is 14.4 Å². The molecule has 1 aliphatic heterocycles. The molecule has 1 saturated heterocycles. The Hall–Kier alpha value is -2.79. The van der Waals surface area contributed by atoms with E-state index in [4.69, 9.17) is 9.47 Å². The molecule has 3 aromatic rings. The molecular weight excluding hydrogens is 489 g/mol. The number of hydrogen-bond donors (Lipinski definition) is 0. The number of benzene rings is 2. The van der Waals surface area contributed by atoms with Gasteiger partial charge in [0.15, 0.2) is 26.5 Å². The highest BCUT2D eigenvalue weighted by Crippen LogP contribution is 2.38. The van der Waals surface area contributed by atoms with E-state index in [1.807, 2.05) is 22.4 Å². The van der Waals surface area contributed by atoms with E-state index >= 15 is 0 Å². The van der Waals surface area contributed by atoms with Gasteiger partial charge in [0.25, 0.3) is 0 Å². The van der Waals surface area contributed by atoms with Gasteiger partial charge in [-0.1, -0.05) is 12.1 Å². The zero-order valence-corrected chi connectivity index (χ0v) is 20.1. The maximum Gasteiger partial charge on any atom is 0.417 e. The molecule has 2 aromatic carbocycles. The largest absolute Gasteiger partial charge is 0.493 e. The summed E-state index contributed by atoms with van der Waals surface area (Å²) >= 11 is 1.43. The van der Waals surface area contributed by atoms with Crippen molar-refractivity contribution in [1.29, 1.82) is 0 Å². The third-order valence-electron chi connectivity index (χ3n) is 5.82. The van der Waals surface area contributed by atoms with Gasteiger partial charge in [0.05, 0.1) is 35.6 Å². The average molecular weight is 513 g/mol. The molecule has 0 atom stereocenters. The van der Waals surface area contributed by atoms with E-state index in [1.165, 1.54) is 23.5 Å². The number of halogens is 3. The smallest absolute Gasteiger partial charge is 0.417 e. The van der Waals surface area contributed by atoms with E-state index < -0.39 is 31.7 Å². The van der Waals surface area contributed by atoms with Gasteiger partial charge in [-0.3, -0.25) is 0 Å². The second-order valence-electron chi connectivity index (χ2n) is 7.81. The molecule has 0 amide bonds. The van der Waals surface area contributed by atoms with Gasteiger partial charge in [-0.2, -0.15) is 13.2 Å². The number of piperidine rings is 1. The molecule has 0 unspecified atom stereocenters. The number of aromatic nitrogens is 1. The van der Waals surface area contributed by atoms with Crippen LogP contribution in [0.4, 0.5) is 18.3 Å². The van der Waals surface area contributed by atoms with Crippen LogP contribution in [0.2, 0.25) is 0 Å². The molecule has 2 heterocycles. The number of ether oxygens (including phenoxy) is 2. The third-order valence-corrected chi connectivity index (χ3v) is 9.04. The van der Waals surface area contributed by atoms with E-state index in [-0.39, 0.29) is 12.8 Å². The predicted molar refractivity (Wildman–Crippen MR) is 125 cm³/mol. The summed E-state index contributed by atoms with van der Waals surface area (Å²) in [4.78, 5) is 6.00. The molecular formula is C23H23F3N2O4S2. The monoisotopic (exact) mass is 512 g/mol. The number of rotatable bonds is 6. The number of anilines is 1. The lowest BCUT2D eigenvalue weighted by molar-refractivity contribution is -0.139. The standard InChI is InChI=1S/C23H23F3N2O4S2/c1-31-19-8-7-15(13-20(19)32-2)18-14-33-22(27-18)28-11-9-16(10-12-28)34(29,30)21-6-4-3-5-17(21)23(24,25)26/h3-8,13-14,16H,9-12H2,1-2H3. The maximum atomic E-state index is 13.4. The molecule has 1 aromatic heterocycles. The molecule has 0 saturated carbocycles. The van der Waals surface area contributed by atoms with E-state index in [2.05, 4.69) is 4.98 Å². The van der Waals surface area contributed by atoms with Crippen LogP contribution in [0.5, 0.6) is 11.5 Å². The number of nitrogens with zero attached hydrogens (tertiary/aromatic N) is 2. The van der Waals surface area contributed by atoms with E-state index in [1.54, 1.807) is 20.3 Å². The molecule has 0 radical (unpaired) electrons. The number of sulfone groups is 1. The number of hydrogen-bond acceptors (Lipinski definition) is 7. The molecule has 11 heteroatoms. The van der Waals surface area contributed by atoms with E-state index in [9.17, 15) is 21.6 Å². The summed E-state index contributed by atoms with van der Waals surface area (Å²) in [7, 11) is -1.01. The minimum atomic E-state index is -4.73. The number of alkyl halides is 3. The summed E-state index contributed by atoms with van der Waals surface area (Å²) in [5.74, 6) is 1.19. The lowest BCUT2D eigenvalue weighted by Crippen LogP contribution is -2.39. The minimum Gasteiger partial charge on any atom is -0.493 e. The fraction of sp³-hybridized carbons (Fsp3) is 0.348. The van der Waals surface area contributed by atoms with Crippen LogP contribution in [0.1, 0.15) is 18.4 Å². The van der Waals surface area contributed by atoms with Crippen LogP contribution in [0, 0.1) is 0 Å². The van der Waals surface area contributed by atoms with E-state index in [0.29, 0.717) is 24.6 Å². The van der Waals surface area contributed by atoms with Crippen molar-refractivity contribution < 1.29 is 31.1 Å². The topological polar surface area (TPSA) is 68.7 Å². The van der Waals surface area contributed by atoms with Crippen LogP contribution in [0.25, 0.3) is 11.3 Å². The van der Waals surface area contributed by atoms with Crippen LogP contribution in [0.3, 0.4) is 0 Å². The Labute approximate surface area is 199 Å². The molecule has 6 nitrogen and oxygen atoms in total. The summed E-state index contributed by atoms with van der Waals surface area (Å²) in [6.45, 7) is 0.772. The summed E-state index contributed by atoms with van der Waals surface area (Å²) in [6.07, 6.45) is -4.29. The van der Waals surface area contributed by atoms with Crippen molar-refractivity contribution in [3.05, 3.63) is 53.4 Å². The summed E-state index contributed by atoms with van der Waals surface area (Å²) in [5, 5.41) is 1.76. The first kappa shape index (κ1) is 24.3. The molecule has 1 fully saturated rings. The van der Waals surface area contributed by atoms with Crippen molar-refractivity contribution in [2.75, 3.05) is 32.2 Å². The average Bonchev–Trinajstić information content (AvgIpc) is 3.33. The molecule has 0 spiro atoms. The van der Waals surface area contributed by atoms with Gasteiger partial charge >= 0.3 is 6.18 Å². The van der Waals surface area contributed by atoms with Crippen molar-refractivity contribution in [1.82, 2.24) is 4.98 Å². The molecule has 1 aliphatic rings. The lowest BCUT2D eigenvalue weighted by Gasteiger charge is -2.31. The van der Waals surface area contributed by atoms with Gasteiger partial charge in [-0.05, 0) is 43.2 Å². The molecule has 4 rings (SSSR count). The molecule has 0 aliphatic carbocycles. The first-order chi connectivity index (χ1) is 16.1. The second-order valence-corrected chi connectivity index (χ2v) is 10.8. The van der Waals surface area contributed by atoms with Crippen LogP contribution in [0.15, 0.2) is 52.7 Å². The van der Waals surface area contributed by atoms with Crippen molar-refractivity contribution in [3.63, 3.8) is 0 Å². The predicted octanol–water partition coefficient (Wildman–Crippen LogP) is 5.29. The van der Waals surface area contributed by atoms with Crippen molar-refractivity contribution in [3.8, 4) is 22.8 Å². The summed E-state index contributed by atoms with van der Waals surface area (Å²) in [5.41, 5.74) is 0.480. The van der Waals surface area contributed by atoms with Gasteiger partial charge in [-0.25, -0.2) is 13.4 Å². The Bertz CT molecular complexity index is 1270. The lowest BCUT2D eigenvalue weighted by atomic mass is 10.1. The van der Waals surface area contributed by atoms with Gasteiger partial charge in [-0.15, -0.1) is 11.3 Å². The molecule has 182 valence electrons. The zero-order chi connectivity index (χ0) is 24.5. The molecule has 34 heavy (non-hydrogen) atoms. The first-order valence-corrected chi connectivity index (χ1v) is 12.9. The van der Waals surface area contributed by atoms with Gasteiger partial charge in [0, 0.05) is 24.0 Å². The van der Waals surface area contributed by atoms with Crippen molar-refractivity contribution in [2.45, 2.75) is 29.2 Å². The van der Waals surface area contributed by atoms with Crippen LogP contribution < -0.4 is 14.4 Å². The Kier molecular flexibility index (Phi) is 6.77. The zero-order valence-electron chi connectivity index (χ0n) is 18.5. The van der Waals surface area contributed by atoms with Crippen molar-refractivity contribution >= 4 is 26.3 Å². The normalized spacial score (nSPS) is 15.4. The quantitative estimate of drug-likeness (QED) is 0.447. The van der Waals surface area contributed by atoms with E-state index in [0.717, 1.165) is 28.5 Å². The Morgan fingerprint density at radius 2 is 1.71 bits per heavy atom. The maximum absolute atomic E-state index is 13.4. The fourth-order valence-electron chi connectivity index (χ4n) is 4.02. The second kappa shape index (κ2) is 9.46. The molecule has 0 bridgehead atoms. The Balaban J connectivity index is 1.49. The SMILES string of the molecule is COc1ccc(-c2csc(N3CCC(S(=O)(=O)c4ccccc4C(F)(F)F)CC3)n2)cc1OC. The highest BCUT2D eigenvalue weighted by atomic mass is 32.2. The highest BCUT2D eigenvalue weighted by Gasteiger charge is 2.40. The Morgan fingerprint density at radius 1 is 1.03 bits per heavy atom. The van der Waals surface area contributed by atoms with Crippen LogP contribution in [-0.4, -0.2) is 46.0 Å².